The van der Waals surface area contributed by atoms with Crippen LogP contribution in [0.25, 0.3) is 10.9 Å². The van der Waals surface area contributed by atoms with E-state index in [4.69, 9.17) is 5.73 Å². The molecule has 1 heterocycles. The van der Waals surface area contributed by atoms with E-state index in [-0.39, 0.29) is 18.3 Å². The van der Waals surface area contributed by atoms with E-state index >= 15 is 0 Å². The van der Waals surface area contributed by atoms with Crippen molar-refractivity contribution in [3.8, 4) is 0 Å². The number of fused-ring (bicyclic) bond motifs is 1. The second-order valence-electron chi connectivity index (χ2n) is 6.93. The van der Waals surface area contributed by atoms with Crippen molar-refractivity contribution in [1.29, 1.82) is 0 Å². The number of rotatable bonds is 9. The van der Waals surface area contributed by atoms with Crippen molar-refractivity contribution in [1.82, 2.24) is 9.47 Å². The van der Waals surface area contributed by atoms with Crippen LogP contribution in [-0.4, -0.2) is 40.5 Å². The van der Waals surface area contributed by atoms with Gasteiger partial charge in [0.15, 0.2) is 0 Å². The minimum Gasteiger partial charge on any atom is -0.346 e. The molecule has 0 bridgehead atoms. The zero-order valence-electron chi connectivity index (χ0n) is 16.4. The van der Waals surface area contributed by atoms with Crippen molar-refractivity contribution in [3.63, 3.8) is 0 Å². The zero-order valence-corrected chi connectivity index (χ0v) is 17.2. The summed E-state index contributed by atoms with van der Waals surface area (Å²) in [5.41, 5.74) is 7.26. The third kappa shape index (κ3) is 5.47. The number of nitrogens with one attached hydrogen (secondary N) is 1. The van der Waals surface area contributed by atoms with Gasteiger partial charge in [0, 0.05) is 35.9 Å². The number of carbonyl (C=O) groups excluding carboxylic acids is 1. The lowest BCUT2D eigenvalue weighted by atomic mass is 9.96. The van der Waals surface area contributed by atoms with E-state index in [1.165, 1.54) is 5.52 Å². The van der Waals surface area contributed by atoms with Crippen molar-refractivity contribution in [2.45, 2.75) is 52.6 Å². The van der Waals surface area contributed by atoms with Crippen LogP contribution >= 0.6 is 12.4 Å². The maximum Gasteiger partial charge on any atom is 0.244 e. The lowest BCUT2D eigenvalue weighted by Crippen LogP contribution is -2.48. The Kier molecular flexibility index (Phi) is 8.60. The highest BCUT2D eigenvalue weighted by Gasteiger charge is 2.27. The first-order valence-electron chi connectivity index (χ1n) is 9.32. The quantitative estimate of drug-likeness (QED) is 0.694. The van der Waals surface area contributed by atoms with E-state index in [0.717, 1.165) is 43.7 Å². The van der Waals surface area contributed by atoms with Crippen molar-refractivity contribution in [2.24, 2.45) is 5.73 Å². The average molecular weight is 381 g/mol. The van der Waals surface area contributed by atoms with E-state index in [9.17, 15) is 4.79 Å². The number of hydrogen-bond acceptors (Lipinski definition) is 3. The Morgan fingerprint density at radius 3 is 2.54 bits per heavy atom. The highest BCUT2D eigenvalue weighted by atomic mass is 35.5. The summed E-state index contributed by atoms with van der Waals surface area (Å²) in [5.74, 6) is -0.130. The lowest BCUT2D eigenvalue weighted by molar-refractivity contribution is -0.120. The summed E-state index contributed by atoms with van der Waals surface area (Å²) in [6, 6.07) is 8.14. The fraction of sp³-hybridized carbons (Fsp3) is 0.550. The van der Waals surface area contributed by atoms with Crippen LogP contribution in [0, 0.1) is 0 Å². The Balaban J connectivity index is 0.00000338. The topological polar surface area (TPSA) is 63.3 Å². The van der Waals surface area contributed by atoms with Crippen molar-refractivity contribution >= 4 is 34.9 Å². The van der Waals surface area contributed by atoms with Gasteiger partial charge >= 0.3 is 0 Å². The van der Waals surface area contributed by atoms with Crippen LogP contribution in [0.3, 0.4) is 0 Å². The van der Waals surface area contributed by atoms with Crippen LogP contribution in [0.4, 0.5) is 5.69 Å². The first-order valence-corrected chi connectivity index (χ1v) is 9.32. The molecule has 0 radical (unpaired) electrons. The summed E-state index contributed by atoms with van der Waals surface area (Å²) in [6.45, 7) is 12.3. The maximum absolute atomic E-state index is 12.4. The van der Waals surface area contributed by atoms with Gasteiger partial charge in [-0.1, -0.05) is 27.2 Å². The number of aromatic nitrogens is 1. The second kappa shape index (κ2) is 9.95. The van der Waals surface area contributed by atoms with Gasteiger partial charge < -0.3 is 20.5 Å². The molecule has 0 spiro atoms. The molecular weight excluding hydrogens is 348 g/mol. The van der Waals surface area contributed by atoms with Crippen LogP contribution in [0.5, 0.6) is 0 Å². The van der Waals surface area contributed by atoms with Gasteiger partial charge in [0.2, 0.25) is 5.91 Å². The summed E-state index contributed by atoms with van der Waals surface area (Å²) < 4.78 is 2.27. The van der Waals surface area contributed by atoms with Gasteiger partial charge in [-0.2, -0.15) is 0 Å². The van der Waals surface area contributed by atoms with Gasteiger partial charge in [-0.3, -0.25) is 4.79 Å². The first-order chi connectivity index (χ1) is 11.9. The van der Waals surface area contributed by atoms with Gasteiger partial charge in [0.25, 0.3) is 0 Å². The highest BCUT2D eigenvalue weighted by molar-refractivity contribution is 5.99. The Morgan fingerprint density at radius 1 is 1.23 bits per heavy atom. The largest absolute Gasteiger partial charge is 0.346 e. The number of anilines is 1. The lowest BCUT2D eigenvalue weighted by Gasteiger charge is -2.23. The minimum absolute atomic E-state index is 0. The summed E-state index contributed by atoms with van der Waals surface area (Å²) in [6.07, 6.45) is 3.67. The molecule has 0 aliphatic rings. The van der Waals surface area contributed by atoms with Crippen LogP contribution in [0.1, 0.15) is 40.5 Å². The number of amides is 1. The molecular formula is C20H33ClN4O. The van der Waals surface area contributed by atoms with Gasteiger partial charge in [0.05, 0.1) is 5.54 Å². The van der Waals surface area contributed by atoms with E-state index in [2.05, 4.69) is 47.0 Å². The van der Waals surface area contributed by atoms with Gasteiger partial charge in [-0.15, -0.1) is 12.4 Å². The monoisotopic (exact) mass is 380 g/mol. The Hall–Kier alpha value is -1.56. The number of halogens is 1. The van der Waals surface area contributed by atoms with Gasteiger partial charge in [-0.25, -0.2) is 0 Å². The smallest absolute Gasteiger partial charge is 0.244 e. The molecule has 26 heavy (non-hydrogen) atoms. The number of carbonyl (C=O) groups is 1. The molecule has 0 aliphatic carbocycles. The van der Waals surface area contributed by atoms with Gasteiger partial charge in [0.1, 0.15) is 0 Å². The molecule has 6 heteroatoms. The molecule has 0 aliphatic heterocycles. The average Bonchev–Trinajstić information content (AvgIpc) is 2.98. The predicted octanol–water partition coefficient (Wildman–Crippen LogP) is 3.86. The molecule has 0 saturated carbocycles. The van der Waals surface area contributed by atoms with Crippen LogP contribution < -0.4 is 11.1 Å². The maximum atomic E-state index is 12.4. The number of hydrogen-bond donors (Lipinski definition) is 2. The molecule has 1 aromatic heterocycles. The first kappa shape index (κ1) is 22.5. The summed E-state index contributed by atoms with van der Waals surface area (Å²) in [5, 5.41) is 4.09. The fourth-order valence-electron chi connectivity index (χ4n) is 3.17. The van der Waals surface area contributed by atoms with E-state index in [1.807, 2.05) is 19.1 Å². The standard InChI is InChI=1S/C20H32N4O.ClH/c1-5-11-20(4,21)19(25)22-17-8-9-18-16(15-17)10-12-24(18)14-13-23(6-2)7-3;/h8-10,12,15H,5-7,11,13-14,21H2,1-4H3,(H,22,25);1H. The molecule has 0 saturated heterocycles. The van der Waals surface area contributed by atoms with Crippen molar-refractivity contribution in [3.05, 3.63) is 30.5 Å². The molecule has 1 atom stereocenters. The third-order valence-corrected chi connectivity index (χ3v) is 4.87. The molecule has 3 N–H and O–H groups in total. The van der Waals surface area contributed by atoms with Gasteiger partial charge in [-0.05, 0) is 50.7 Å². The van der Waals surface area contributed by atoms with Crippen LogP contribution in [0.15, 0.2) is 30.5 Å². The molecule has 2 rings (SSSR count). The van der Waals surface area contributed by atoms with Crippen LogP contribution in [-0.2, 0) is 11.3 Å². The van der Waals surface area contributed by atoms with Crippen molar-refractivity contribution < 1.29 is 4.79 Å². The number of nitrogens with two attached hydrogens (primary N) is 1. The zero-order chi connectivity index (χ0) is 18.4. The summed E-state index contributed by atoms with van der Waals surface area (Å²) >= 11 is 0. The Morgan fingerprint density at radius 2 is 1.92 bits per heavy atom. The molecule has 2 aromatic rings. The third-order valence-electron chi connectivity index (χ3n) is 4.87. The molecule has 5 nitrogen and oxygen atoms in total. The number of benzene rings is 1. The molecule has 146 valence electrons. The van der Waals surface area contributed by atoms with E-state index < -0.39 is 5.54 Å². The minimum atomic E-state index is -0.834. The number of nitrogens with zero attached hydrogens (tertiary/aromatic N) is 2. The highest BCUT2D eigenvalue weighted by Crippen LogP contribution is 2.22. The fourth-order valence-corrected chi connectivity index (χ4v) is 3.17. The molecule has 1 aromatic carbocycles. The van der Waals surface area contributed by atoms with Crippen molar-refractivity contribution in [2.75, 3.05) is 25.0 Å². The summed E-state index contributed by atoms with van der Waals surface area (Å²) in [7, 11) is 0. The predicted molar refractivity (Wildman–Crippen MR) is 113 cm³/mol. The molecule has 1 amide bonds. The number of likely N-dealkylation sites (N-methyl/N-ethyl adjacent to an activating group) is 1. The SMILES string of the molecule is CCCC(C)(N)C(=O)Nc1ccc2c(ccn2CCN(CC)CC)c1.Cl. The normalized spacial score (nSPS) is 13.5. The molecule has 1 unspecified atom stereocenters. The Bertz CT molecular complexity index is 707. The summed E-state index contributed by atoms with van der Waals surface area (Å²) in [4.78, 5) is 14.8. The Labute approximate surface area is 163 Å². The molecule has 0 fully saturated rings. The van der Waals surface area contributed by atoms with E-state index in [1.54, 1.807) is 6.92 Å². The second-order valence-corrected chi connectivity index (χ2v) is 6.93. The van der Waals surface area contributed by atoms with E-state index in [0.29, 0.717) is 6.42 Å². The van der Waals surface area contributed by atoms with Crippen LogP contribution in [0.2, 0.25) is 0 Å².